The Morgan fingerprint density at radius 2 is 1.88 bits per heavy atom. The van der Waals surface area contributed by atoms with Crippen LogP contribution in [0.15, 0.2) is 22.7 Å². The molecule has 2 heterocycles. The first-order chi connectivity index (χ1) is 11.9. The van der Waals surface area contributed by atoms with Crippen LogP contribution in [-0.4, -0.2) is 60.6 Å². The van der Waals surface area contributed by atoms with Gasteiger partial charge in [0.2, 0.25) is 0 Å². The van der Waals surface area contributed by atoms with Crippen molar-refractivity contribution in [1.29, 1.82) is 0 Å². The van der Waals surface area contributed by atoms with E-state index >= 15 is 0 Å². The molecule has 1 aromatic carbocycles. The van der Waals surface area contributed by atoms with Gasteiger partial charge in [0.15, 0.2) is 0 Å². The van der Waals surface area contributed by atoms with Gasteiger partial charge in [-0.2, -0.15) is 0 Å². The third-order valence-electron chi connectivity index (χ3n) is 5.07. The summed E-state index contributed by atoms with van der Waals surface area (Å²) in [4.78, 5) is 17.0. The predicted octanol–water partition coefficient (Wildman–Crippen LogP) is 3.55. The average molecular weight is 413 g/mol. The highest BCUT2D eigenvalue weighted by Crippen LogP contribution is 2.25. The second-order valence-corrected chi connectivity index (χ2v) is 8.19. The highest BCUT2D eigenvalue weighted by atomic mass is 79.9. The van der Waals surface area contributed by atoms with Crippen molar-refractivity contribution in [3.05, 3.63) is 34.1 Å². The standard InChI is InChI=1S/C19H26BrFN2O2/c1-13-10-22(11-14(2)25-13)12-15-5-7-23(8-6-15)19(24)17-4-3-16(21)9-18(17)20/h3-4,9,13-15H,5-8,10-12H2,1-2H3. The number of hydrogen-bond acceptors (Lipinski definition) is 3. The Morgan fingerprint density at radius 3 is 2.48 bits per heavy atom. The molecule has 2 atom stereocenters. The van der Waals surface area contributed by atoms with Gasteiger partial charge in [-0.25, -0.2) is 4.39 Å². The molecule has 0 N–H and O–H groups in total. The molecule has 2 unspecified atom stereocenters. The van der Waals surface area contributed by atoms with E-state index in [-0.39, 0.29) is 11.7 Å². The summed E-state index contributed by atoms with van der Waals surface area (Å²) in [5.41, 5.74) is 0.538. The molecule has 1 amide bonds. The number of carbonyl (C=O) groups is 1. The zero-order valence-electron chi connectivity index (χ0n) is 14.9. The van der Waals surface area contributed by atoms with Crippen LogP contribution in [0.3, 0.4) is 0 Å². The minimum atomic E-state index is -0.337. The Labute approximate surface area is 157 Å². The molecule has 25 heavy (non-hydrogen) atoms. The maximum atomic E-state index is 13.2. The lowest BCUT2D eigenvalue weighted by molar-refractivity contribution is -0.0728. The van der Waals surface area contributed by atoms with Crippen molar-refractivity contribution in [2.45, 2.75) is 38.9 Å². The van der Waals surface area contributed by atoms with Crippen LogP contribution in [0.2, 0.25) is 0 Å². The molecule has 2 fully saturated rings. The summed E-state index contributed by atoms with van der Waals surface area (Å²) in [6, 6.07) is 4.25. The number of amides is 1. The molecule has 0 aliphatic carbocycles. The number of ether oxygens (including phenoxy) is 1. The molecule has 2 aliphatic heterocycles. The van der Waals surface area contributed by atoms with E-state index in [1.807, 2.05) is 4.90 Å². The molecule has 2 aliphatic rings. The fourth-order valence-electron chi connectivity index (χ4n) is 3.95. The van der Waals surface area contributed by atoms with E-state index in [0.717, 1.165) is 45.6 Å². The van der Waals surface area contributed by atoms with Gasteiger partial charge >= 0.3 is 0 Å². The van der Waals surface area contributed by atoms with Gasteiger partial charge in [0.1, 0.15) is 5.82 Å². The number of nitrogens with zero attached hydrogens (tertiary/aromatic N) is 2. The normalized spacial score (nSPS) is 26.0. The lowest BCUT2D eigenvalue weighted by Gasteiger charge is -2.39. The topological polar surface area (TPSA) is 32.8 Å². The van der Waals surface area contributed by atoms with Crippen molar-refractivity contribution >= 4 is 21.8 Å². The highest BCUT2D eigenvalue weighted by molar-refractivity contribution is 9.10. The smallest absolute Gasteiger partial charge is 0.255 e. The van der Waals surface area contributed by atoms with Crippen molar-refractivity contribution in [1.82, 2.24) is 9.80 Å². The molecule has 0 aromatic heterocycles. The van der Waals surface area contributed by atoms with Crippen LogP contribution < -0.4 is 0 Å². The van der Waals surface area contributed by atoms with E-state index in [2.05, 4.69) is 34.7 Å². The van der Waals surface area contributed by atoms with Gasteiger partial charge in [0, 0.05) is 37.2 Å². The van der Waals surface area contributed by atoms with Crippen molar-refractivity contribution in [2.75, 3.05) is 32.7 Å². The van der Waals surface area contributed by atoms with Crippen LogP contribution in [0.25, 0.3) is 0 Å². The maximum absolute atomic E-state index is 13.2. The molecule has 0 bridgehead atoms. The SMILES string of the molecule is CC1CN(CC2CCN(C(=O)c3ccc(F)cc3Br)CC2)CC(C)O1. The third-order valence-corrected chi connectivity index (χ3v) is 5.73. The largest absolute Gasteiger partial charge is 0.373 e. The quantitative estimate of drug-likeness (QED) is 0.760. The van der Waals surface area contributed by atoms with Crippen LogP contribution in [0.5, 0.6) is 0 Å². The fraction of sp³-hybridized carbons (Fsp3) is 0.632. The summed E-state index contributed by atoms with van der Waals surface area (Å²) < 4.78 is 19.5. The minimum absolute atomic E-state index is 0.0149. The molecular formula is C19H26BrFN2O2. The van der Waals surface area contributed by atoms with Crippen molar-refractivity contribution in [3.63, 3.8) is 0 Å². The fourth-order valence-corrected chi connectivity index (χ4v) is 4.47. The summed E-state index contributed by atoms with van der Waals surface area (Å²) in [6.07, 6.45) is 2.62. The van der Waals surface area contributed by atoms with Gasteiger partial charge in [0.05, 0.1) is 17.8 Å². The number of benzene rings is 1. The number of carbonyl (C=O) groups excluding carboxylic acids is 1. The van der Waals surface area contributed by atoms with Crippen molar-refractivity contribution < 1.29 is 13.9 Å². The first-order valence-electron chi connectivity index (χ1n) is 9.04. The molecule has 138 valence electrons. The van der Waals surface area contributed by atoms with Gasteiger partial charge in [-0.05, 0) is 66.7 Å². The molecule has 1 aromatic rings. The van der Waals surface area contributed by atoms with Crippen LogP contribution in [0, 0.1) is 11.7 Å². The zero-order valence-corrected chi connectivity index (χ0v) is 16.5. The third kappa shape index (κ3) is 4.80. The van der Waals surface area contributed by atoms with E-state index in [0.29, 0.717) is 28.2 Å². The highest BCUT2D eigenvalue weighted by Gasteiger charge is 2.28. The summed E-state index contributed by atoms with van der Waals surface area (Å²) in [5.74, 6) is 0.272. The van der Waals surface area contributed by atoms with E-state index in [1.54, 1.807) is 6.07 Å². The first kappa shape index (κ1) is 18.8. The first-order valence-corrected chi connectivity index (χ1v) is 9.84. The number of hydrogen-bond donors (Lipinski definition) is 0. The number of piperidine rings is 1. The van der Waals surface area contributed by atoms with E-state index < -0.39 is 0 Å². The van der Waals surface area contributed by atoms with Crippen molar-refractivity contribution in [3.8, 4) is 0 Å². The Balaban J connectivity index is 1.52. The average Bonchev–Trinajstić information content (AvgIpc) is 2.54. The van der Waals surface area contributed by atoms with Gasteiger partial charge in [-0.15, -0.1) is 0 Å². The van der Waals surface area contributed by atoms with Crippen LogP contribution in [-0.2, 0) is 4.74 Å². The van der Waals surface area contributed by atoms with Gasteiger partial charge < -0.3 is 9.64 Å². The van der Waals surface area contributed by atoms with Crippen molar-refractivity contribution in [2.24, 2.45) is 5.92 Å². The van der Waals surface area contributed by atoms with Crippen LogP contribution in [0.4, 0.5) is 4.39 Å². The Bertz CT molecular complexity index is 609. The number of morpholine rings is 1. The molecular weight excluding hydrogens is 387 g/mol. The molecule has 0 spiro atoms. The monoisotopic (exact) mass is 412 g/mol. The molecule has 0 saturated carbocycles. The summed E-state index contributed by atoms with van der Waals surface area (Å²) in [6.45, 7) is 8.86. The maximum Gasteiger partial charge on any atom is 0.255 e. The van der Waals surface area contributed by atoms with Gasteiger partial charge in [-0.1, -0.05) is 0 Å². The van der Waals surface area contributed by atoms with E-state index in [4.69, 9.17) is 4.74 Å². The molecule has 6 heteroatoms. The molecule has 4 nitrogen and oxygen atoms in total. The second-order valence-electron chi connectivity index (χ2n) is 7.34. The van der Waals surface area contributed by atoms with E-state index in [9.17, 15) is 9.18 Å². The zero-order chi connectivity index (χ0) is 18.0. The Morgan fingerprint density at radius 1 is 1.24 bits per heavy atom. The summed E-state index contributed by atoms with van der Waals surface area (Å²) in [5, 5.41) is 0. The van der Waals surface area contributed by atoms with Crippen LogP contribution in [0.1, 0.15) is 37.0 Å². The number of rotatable bonds is 3. The molecule has 0 radical (unpaired) electrons. The van der Waals surface area contributed by atoms with E-state index in [1.165, 1.54) is 12.1 Å². The molecule has 3 rings (SSSR count). The molecule has 2 saturated heterocycles. The summed E-state index contributed by atoms with van der Waals surface area (Å²) >= 11 is 3.30. The van der Waals surface area contributed by atoms with Gasteiger partial charge in [-0.3, -0.25) is 9.69 Å². The second kappa shape index (κ2) is 8.14. The Kier molecular flexibility index (Phi) is 6.12. The lowest BCUT2D eigenvalue weighted by Crippen LogP contribution is -2.48. The lowest BCUT2D eigenvalue weighted by atomic mass is 9.95. The number of likely N-dealkylation sites (tertiary alicyclic amines) is 1. The summed E-state index contributed by atoms with van der Waals surface area (Å²) in [7, 11) is 0. The minimum Gasteiger partial charge on any atom is -0.373 e. The predicted molar refractivity (Wildman–Crippen MR) is 99.2 cm³/mol. The van der Waals surface area contributed by atoms with Crippen LogP contribution >= 0.6 is 15.9 Å². The Hall–Kier alpha value is -0.980. The van der Waals surface area contributed by atoms with Gasteiger partial charge in [0.25, 0.3) is 5.91 Å². The number of halogens is 2.